The molecule has 2 aromatic rings. The second-order valence-corrected chi connectivity index (χ2v) is 6.94. The van der Waals surface area contributed by atoms with Gasteiger partial charge in [-0.05, 0) is 56.5 Å². The number of rotatable bonds is 3. The van der Waals surface area contributed by atoms with Crippen LogP contribution in [-0.4, -0.2) is 17.0 Å². The van der Waals surface area contributed by atoms with Crippen molar-refractivity contribution in [1.82, 2.24) is 0 Å². The minimum Gasteiger partial charge on any atom is -0.506 e. The number of para-hydroxylation sites is 1. The summed E-state index contributed by atoms with van der Waals surface area (Å²) in [6.07, 6.45) is 0.599. The molecule has 0 radical (unpaired) electrons. The van der Waals surface area contributed by atoms with Crippen LogP contribution in [0.3, 0.4) is 0 Å². The van der Waals surface area contributed by atoms with Crippen molar-refractivity contribution < 1.29 is 14.6 Å². The van der Waals surface area contributed by atoms with Crippen LogP contribution in [-0.2, 0) is 0 Å². The number of carbonyl (C=O) groups is 1. The van der Waals surface area contributed by atoms with Crippen molar-refractivity contribution in [3.8, 4) is 11.5 Å². The molecular formula is C17H14Br2O3. The lowest BCUT2D eigenvalue weighted by molar-refractivity contribution is 0.0893. The Balaban J connectivity index is 2.04. The van der Waals surface area contributed by atoms with Crippen LogP contribution in [0.25, 0.3) is 0 Å². The number of hydrogen-bond acceptors (Lipinski definition) is 3. The number of ketones is 1. The maximum absolute atomic E-state index is 13.0. The molecule has 0 aromatic heterocycles. The smallest absolute Gasteiger partial charge is 0.174 e. The number of phenols is 1. The molecule has 1 heterocycles. The van der Waals surface area contributed by atoms with Crippen molar-refractivity contribution in [2.75, 3.05) is 0 Å². The van der Waals surface area contributed by atoms with Gasteiger partial charge in [-0.25, -0.2) is 0 Å². The molecule has 0 fully saturated rings. The quantitative estimate of drug-likeness (QED) is 0.699. The third-order valence-electron chi connectivity index (χ3n) is 3.89. The Morgan fingerprint density at radius 3 is 2.50 bits per heavy atom. The van der Waals surface area contributed by atoms with Crippen molar-refractivity contribution >= 4 is 37.6 Å². The monoisotopic (exact) mass is 424 g/mol. The van der Waals surface area contributed by atoms with E-state index in [9.17, 15) is 9.90 Å². The first-order valence-corrected chi connectivity index (χ1v) is 8.59. The molecule has 1 N–H and O–H groups in total. The summed E-state index contributed by atoms with van der Waals surface area (Å²) in [6.45, 7) is 2.01. The van der Waals surface area contributed by atoms with E-state index < -0.39 is 0 Å². The molecule has 2 atom stereocenters. The summed E-state index contributed by atoms with van der Waals surface area (Å²) in [5, 5.41) is 9.80. The van der Waals surface area contributed by atoms with Gasteiger partial charge in [-0.2, -0.15) is 0 Å². The number of Topliss-reactive ketones (excluding diaryl/α,β-unsaturated/α-hetero) is 1. The summed E-state index contributed by atoms with van der Waals surface area (Å²) >= 11 is 6.55. The van der Waals surface area contributed by atoms with E-state index in [0.717, 1.165) is 17.7 Å². The van der Waals surface area contributed by atoms with Crippen molar-refractivity contribution in [3.05, 3.63) is 56.5 Å². The van der Waals surface area contributed by atoms with E-state index in [1.165, 1.54) is 0 Å². The second kappa shape index (κ2) is 6.05. The highest BCUT2D eigenvalue weighted by Gasteiger charge is 2.38. The van der Waals surface area contributed by atoms with E-state index in [1.807, 2.05) is 31.2 Å². The van der Waals surface area contributed by atoms with E-state index in [1.54, 1.807) is 12.1 Å². The summed E-state index contributed by atoms with van der Waals surface area (Å²) in [5.41, 5.74) is 1.47. The van der Waals surface area contributed by atoms with Crippen LogP contribution in [0.5, 0.6) is 11.5 Å². The van der Waals surface area contributed by atoms with Crippen LogP contribution in [0.4, 0.5) is 0 Å². The predicted octanol–water partition coefficient (Wildman–Crippen LogP) is 5.05. The lowest BCUT2D eigenvalue weighted by Gasteiger charge is -2.17. The molecule has 1 aliphatic heterocycles. The zero-order valence-electron chi connectivity index (χ0n) is 11.8. The number of halogens is 2. The molecule has 3 rings (SSSR count). The molecule has 2 aromatic carbocycles. The van der Waals surface area contributed by atoms with Crippen molar-refractivity contribution in [2.45, 2.75) is 25.4 Å². The summed E-state index contributed by atoms with van der Waals surface area (Å²) in [7, 11) is 0. The number of aromatic hydroxyl groups is 1. The normalized spacial score (nSPS) is 19.6. The van der Waals surface area contributed by atoms with Gasteiger partial charge in [0.25, 0.3) is 0 Å². The van der Waals surface area contributed by atoms with E-state index in [4.69, 9.17) is 4.74 Å². The van der Waals surface area contributed by atoms with Crippen molar-refractivity contribution in [2.24, 2.45) is 0 Å². The van der Waals surface area contributed by atoms with Crippen molar-refractivity contribution in [3.63, 3.8) is 0 Å². The molecule has 114 valence electrons. The highest BCUT2D eigenvalue weighted by molar-refractivity contribution is 9.11. The first-order chi connectivity index (χ1) is 10.5. The summed E-state index contributed by atoms with van der Waals surface area (Å²) < 4.78 is 6.88. The molecule has 0 amide bonds. The van der Waals surface area contributed by atoms with Crippen LogP contribution in [0.2, 0.25) is 0 Å². The average molecular weight is 426 g/mol. The van der Waals surface area contributed by atoms with Crippen molar-refractivity contribution in [1.29, 1.82) is 0 Å². The maximum atomic E-state index is 13.0. The largest absolute Gasteiger partial charge is 0.506 e. The van der Waals surface area contributed by atoms with Gasteiger partial charge < -0.3 is 9.84 Å². The molecule has 0 spiro atoms. The minimum atomic E-state index is -0.315. The molecule has 22 heavy (non-hydrogen) atoms. The minimum absolute atomic E-state index is 0.00167. The Hall–Kier alpha value is -1.33. The molecule has 2 unspecified atom stereocenters. The Labute approximate surface area is 145 Å². The second-order valence-electron chi connectivity index (χ2n) is 5.23. The average Bonchev–Trinajstić information content (AvgIpc) is 2.89. The molecule has 0 aliphatic carbocycles. The number of phenolic OH excluding ortho intramolecular Hbond substituents is 1. The third kappa shape index (κ3) is 2.57. The SMILES string of the molecule is CCC1Oc2ccccc2C1C(=O)c1cc(Br)c(O)c(Br)c1. The number of benzene rings is 2. The number of ether oxygens (including phenoxy) is 1. The summed E-state index contributed by atoms with van der Waals surface area (Å²) in [6, 6.07) is 11.0. The van der Waals surface area contributed by atoms with Gasteiger partial charge in [-0.3, -0.25) is 4.79 Å². The van der Waals surface area contributed by atoms with Gasteiger partial charge in [-0.15, -0.1) is 0 Å². The van der Waals surface area contributed by atoms with Gasteiger partial charge in [0.15, 0.2) is 5.78 Å². The Bertz CT molecular complexity index is 719. The van der Waals surface area contributed by atoms with Crippen LogP contribution >= 0.6 is 31.9 Å². The van der Waals surface area contributed by atoms with Crippen LogP contribution in [0, 0.1) is 0 Å². The van der Waals surface area contributed by atoms with Crippen LogP contribution in [0.1, 0.15) is 35.2 Å². The van der Waals surface area contributed by atoms with Gasteiger partial charge in [0.05, 0.1) is 14.9 Å². The molecule has 3 nitrogen and oxygen atoms in total. The number of fused-ring (bicyclic) bond motifs is 1. The van der Waals surface area contributed by atoms with Crippen LogP contribution < -0.4 is 4.74 Å². The topological polar surface area (TPSA) is 46.5 Å². The molecular weight excluding hydrogens is 412 g/mol. The fraction of sp³-hybridized carbons (Fsp3) is 0.235. The molecule has 1 aliphatic rings. The third-order valence-corrected chi connectivity index (χ3v) is 5.10. The van der Waals surface area contributed by atoms with Gasteiger partial charge >= 0.3 is 0 Å². The lowest BCUT2D eigenvalue weighted by Crippen LogP contribution is -2.25. The fourth-order valence-corrected chi connectivity index (χ4v) is 3.98. The number of hydrogen-bond donors (Lipinski definition) is 1. The van der Waals surface area contributed by atoms with E-state index in [0.29, 0.717) is 14.5 Å². The van der Waals surface area contributed by atoms with E-state index in [2.05, 4.69) is 31.9 Å². The Kier molecular flexibility index (Phi) is 4.28. The maximum Gasteiger partial charge on any atom is 0.174 e. The van der Waals surface area contributed by atoms with E-state index in [-0.39, 0.29) is 23.6 Å². The Morgan fingerprint density at radius 2 is 1.86 bits per heavy atom. The first-order valence-electron chi connectivity index (χ1n) is 7.00. The molecule has 0 saturated heterocycles. The fourth-order valence-electron chi connectivity index (χ4n) is 2.79. The van der Waals surface area contributed by atoms with Gasteiger partial charge in [-0.1, -0.05) is 25.1 Å². The lowest BCUT2D eigenvalue weighted by atomic mass is 9.87. The first kappa shape index (κ1) is 15.6. The van der Waals surface area contributed by atoms with Gasteiger partial charge in [0.1, 0.15) is 17.6 Å². The summed E-state index contributed by atoms with van der Waals surface area (Å²) in [5.74, 6) is 0.555. The predicted molar refractivity (Wildman–Crippen MR) is 91.7 cm³/mol. The van der Waals surface area contributed by atoms with Gasteiger partial charge in [0.2, 0.25) is 0 Å². The zero-order chi connectivity index (χ0) is 15.9. The molecule has 0 bridgehead atoms. The van der Waals surface area contributed by atoms with Gasteiger partial charge in [0, 0.05) is 11.1 Å². The number of carbonyl (C=O) groups excluding carboxylic acids is 1. The standard InChI is InChI=1S/C17H14Br2O3/c1-2-13-15(10-5-3-4-6-14(10)22-13)16(20)9-7-11(18)17(21)12(19)8-9/h3-8,13,15,21H,2H2,1H3. The summed E-state index contributed by atoms with van der Waals surface area (Å²) in [4.78, 5) is 13.0. The highest BCUT2D eigenvalue weighted by atomic mass is 79.9. The Morgan fingerprint density at radius 1 is 1.23 bits per heavy atom. The van der Waals surface area contributed by atoms with Crippen LogP contribution in [0.15, 0.2) is 45.3 Å². The zero-order valence-corrected chi connectivity index (χ0v) is 15.0. The molecule has 5 heteroatoms. The highest BCUT2D eigenvalue weighted by Crippen LogP contribution is 2.42. The molecule has 0 saturated carbocycles. The van der Waals surface area contributed by atoms with E-state index >= 15 is 0 Å².